The minimum atomic E-state index is -0.461. The van der Waals surface area contributed by atoms with E-state index in [1.54, 1.807) is 41.8 Å². The SMILES string of the molecule is O=C(COc1ccccc1)NC(=S)Nc1nc(-c2cccc([N+](=O)[O-])c2)cs1. The number of carbonyl (C=O) groups is 1. The lowest BCUT2D eigenvalue weighted by molar-refractivity contribution is -0.384. The smallest absolute Gasteiger partial charge is 0.270 e. The fourth-order valence-electron chi connectivity index (χ4n) is 2.20. The minimum absolute atomic E-state index is 0.0128. The first-order valence-electron chi connectivity index (χ1n) is 8.00. The molecule has 3 aromatic rings. The Morgan fingerprint density at radius 2 is 2.00 bits per heavy atom. The van der Waals surface area contributed by atoms with Crippen molar-refractivity contribution in [3.05, 3.63) is 70.1 Å². The summed E-state index contributed by atoms with van der Waals surface area (Å²) in [6, 6.07) is 15.1. The molecular weight excluding hydrogens is 400 g/mol. The number of para-hydroxylation sites is 1. The molecule has 2 aromatic carbocycles. The van der Waals surface area contributed by atoms with Crippen LogP contribution in [0, 0.1) is 10.1 Å². The summed E-state index contributed by atoms with van der Waals surface area (Å²) in [7, 11) is 0. The maximum Gasteiger partial charge on any atom is 0.270 e. The number of nitrogens with zero attached hydrogens (tertiary/aromatic N) is 2. The topological polar surface area (TPSA) is 106 Å². The van der Waals surface area contributed by atoms with Crippen LogP contribution in [-0.2, 0) is 4.79 Å². The standard InChI is InChI=1S/C18H14N4O4S2/c23-16(10-26-14-7-2-1-3-8-14)20-17(27)21-18-19-15(11-28-18)12-5-4-6-13(9-12)22(24)25/h1-9,11H,10H2,(H2,19,20,21,23,27). The highest BCUT2D eigenvalue weighted by atomic mass is 32.1. The molecule has 0 fully saturated rings. The number of thiocarbonyl (C=S) groups is 1. The summed E-state index contributed by atoms with van der Waals surface area (Å²) in [5, 5.41) is 18.5. The Hall–Kier alpha value is -3.37. The maximum absolute atomic E-state index is 11.9. The maximum atomic E-state index is 11.9. The van der Waals surface area contributed by atoms with E-state index in [0.29, 0.717) is 22.1 Å². The van der Waals surface area contributed by atoms with E-state index in [1.165, 1.54) is 23.5 Å². The van der Waals surface area contributed by atoms with Gasteiger partial charge in [-0.1, -0.05) is 30.3 Å². The number of non-ortho nitro benzene ring substituents is 1. The largest absolute Gasteiger partial charge is 0.484 e. The van der Waals surface area contributed by atoms with Crippen LogP contribution in [0.3, 0.4) is 0 Å². The highest BCUT2D eigenvalue weighted by molar-refractivity contribution is 7.80. The lowest BCUT2D eigenvalue weighted by Gasteiger charge is -2.08. The zero-order chi connectivity index (χ0) is 19.9. The lowest BCUT2D eigenvalue weighted by Crippen LogP contribution is -2.37. The number of anilines is 1. The molecule has 8 nitrogen and oxygen atoms in total. The van der Waals surface area contributed by atoms with Gasteiger partial charge in [0.1, 0.15) is 5.75 Å². The van der Waals surface area contributed by atoms with Gasteiger partial charge in [0.2, 0.25) is 0 Å². The monoisotopic (exact) mass is 414 g/mol. The van der Waals surface area contributed by atoms with Gasteiger partial charge in [0.05, 0.1) is 10.6 Å². The lowest BCUT2D eigenvalue weighted by atomic mass is 10.1. The van der Waals surface area contributed by atoms with Gasteiger partial charge in [0.25, 0.3) is 11.6 Å². The van der Waals surface area contributed by atoms with Crippen molar-refractivity contribution >= 4 is 45.4 Å². The third-order valence-corrected chi connectivity index (χ3v) is 4.41. The highest BCUT2D eigenvalue weighted by Crippen LogP contribution is 2.27. The Morgan fingerprint density at radius 1 is 1.21 bits per heavy atom. The zero-order valence-corrected chi connectivity index (χ0v) is 16.0. The molecule has 0 aliphatic rings. The number of ether oxygens (including phenoxy) is 1. The first-order chi connectivity index (χ1) is 13.5. The molecule has 28 heavy (non-hydrogen) atoms. The Kier molecular flexibility index (Phi) is 6.25. The summed E-state index contributed by atoms with van der Waals surface area (Å²) in [6.45, 7) is -0.178. The molecule has 0 spiro atoms. The third kappa shape index (κ3) is 5.32. The van der Waals surface area contributed by atoms with Crippen molar-refractivity contribution in [3.8, 4) is 17.0 Å². The molecule has 142 valence electrons. The van der Waals surface area contributed by atoms with Crippen LogP contribution in [0.4, 0.5) is 10.8 Å². The number of amides is 1. The van der Waals surface area contributed by atoms with Crippen molar-refractivity contribution in [3.63, 3.8) is 0 Å². The number of thiazole rings is 1. The van der Waals surface area contributed by atoms with Crippen LogP contribution in [0.5, 0.6) is 5.75 Å². The average molecular weight is 414 g/mol. The predicted molar refractivity (Wildman–Crippen MR) is 111 cm³/mol. The molecule has 0 radical (unpaired) electrons. The number of rotatable bonds is 6. The highest BCUT2D eigenvalue weighted by Gasteiger charge is 2.12. The predicted octanol–water partition coefficient (Wildman–Crippen LogP) is 3.61. The van der Waals surface area contributed by atoms with E-state index >= 15 is 0 Å². The van der Waals surface area contributed by atoms with E-state index in [-0.39, 0.29) is 17.4 Å². The van der Waals surface area contributed by atoms with Crippen LogP contribution >= 0.6 is 23.6 Å². The van der Waals surface area contributed by atoms with E-state index in [2.05, 4.69) is 15.6 Å². The van der Waals surface area contributed by atoms with Crippen molar-refractivity contribution < 1.29 is 14.5 Å². The number of aromatic nitrogens is 1. The average Bonchev–Trinajstić information content (AvgIpc) is 3.15. The van der Waals surface area contributed by atoms with E-state index in [9.17, 15) is 14.9 Å². The number of carbonyl (C=O) groups excluding carboxylic acids is 1. The van der Waals surface area contributed by atoms with E-state index in [4.69, 9.17) is 17.0 Å². The van der Waals surface area contributed by atoms with Crippen molar-refractivity contribution in [2.24, 2.45) is 0 Å². The molecule has 1 aromatic heterocycles. The molecular formula is C18H14N4O4S2. The summed E-state index contributed by atoms with van der Waals surface area (Å²) in [4.78, 5) is 26.7. The summed E-state index contributed by atoms with van der Waals surface area (Å²) < 4.78 is 5.34. The van der Waals surface area contributed by atoms with Crippen molar-refractivity contribution in [2.75, 3.05) is 11.9 Å². The fraction of sp³-hybridized carbons (Fsp3) is 0.0556. The first kappa shape index (κ1) is 19.4. The Labute approximate surface area is 169 Å². The van der Waals surface area contributed by atoms with Gasteiger partial charge in [-0.15, -0.1) is 11.3 Å². The van der Waals surface area contributed by atoms with Crippen LogP contribution in [-0.4, -0.2) is 27.5 Å². The molecule has 3 rings (SSSR count). The second-order valence-corrected chi connectivity index (χ2v) is 6.72. The number of hydrogen-bond acceptors (Lipinski definition) is 7. The zero-order valence-electron chi connectivity index (χ0n) is 14.3. The van der Waals surface area contributed by atoms with Gasteiger partial charge in [-0.25, -0.2) is 4.98 Å². The molecule has 0 unspecified atom stereocenters. The molecule has 0 aliphatic carbocycles. The van der Waals surface area contributed by atoms with Crippen molar-refractivity contribution in [1.82, 2.24) is 10.3 Å². The number of nitro groups is 1. The van der Waals surface area contributed by atoms with E-state index < -0.39 is 10.8 Å². The molecule has 0 saturated carbocycles. The molecule has 0 aliphatic heterocycles. The molecule has 1 heterocycles. The number of nitrogens with one attached hydrogen (secondary N) is 2. The van der Waals surface area contributed by atoms with Gasteiger partial charge in [-0.3, -0.25) is 20.2 Å². The number of hydrogen-bond donors (Lipinski definition) is 2. The number of benzene rings is 2. The van der Waals surface area contributed by atoms with Crippen LogP contribution in [0.1, 0.15) is 0 Å². The molecule has 0 bridgehead atoms. The summed E-state index contributed by atoms with van der Waals surface area (Å²) in [6.07, 6.45) is 0. The van der Waals surface area contributed by atoms with E-state index in [0.717, 1.165) is 0 Å². The van der Waals surface area contributed by atoms with Crippen molar-refractivity contribution in [2.45, 2.75) is 0 Å². The van der Waals surface area contributed by atoms with Crippen LogP contribution in [0.15, 0.2) is 60.0 Å². The second-order valence-electron chi connectivity index (χ2n) is 5.45. The quantitative estimate of drug-likeness (QED) is 0.360. The van der Waals surface area contributed by atoms with Gasteiger partial charge in [0, 0.05) is 23.1 Å². The van der Waals surface area contributed by atoms with Gasteiger partial charge >= 0.3 is 0 Å². The Morgan fingerprint density at radius 3 is 2.75 bits per heavy atom. The Balaban J connectivity index is 1.54. The fourth-order valence-corrected chi connectivity index (χ4v) is 3.20. The van der Waals surface area contributed by atoms with Crippen LogP contribution in [0.25, 0.3) is 11.3 Å². The second kappa shape index (κ2) is 9.02. The number of nitro benzene ring substituents is 1. The first-order valence-corrected chi connectivity index (χ1v) is 9.29. The minimum Gasteiger partial charge on any atom is -0.484 e. The molecule has 0 atom stereocenters. The molecule has 10 heteroatoms. The van der Waals surface area contributed by atoms with Crippen LogP contribution in [0.2, 0.25) is 0 Å². The summed E-state index contributed by atoms with van der Waals surface area (Å²) in [5.41, 5.74) is 1.17. The van der Waals surface area contributed by atoms with E-state index in [1.807, 2.05) is 6.07 Å². The van der Waals surface area contributed by atoms with Crippen molar-refractivity contribution in [1.29, 1.82) is 0 Å². The summed E-state index contributed by atoms with van der Waals surface area (Å²) in [5.74, 6) is 0.176. The van der Waals surface area contributed by atoms with Crippen LogP contribution < -0.4 is 15.4 Å². The van der Waals surface area contributed by atoms with Gasteiger partial charge in [-0.05, 0) is 24.4 Å². The Bertz CT molecular complexity index is 1010. The molecule has 2 N–H and O–H groups in total. The molecule has 1 amide bonds. The van der Waals surface area contributed by atoms with Gasteiger partial charge in [0.15, 0.2) is 16.9 Å². The normalized spacial score (nSPS) is 10.1. The third-order valence-electron chi connectivity index (χ3n) is 3.44. The summed E-state index contributed by atoms with van der Waals surface area (Å²) >= 11 is 6.37. The molecule has 0 saturated heterocycles. The van der Waals surface area contributed by atoms with Gasteiger partial charge < -0.3 is 10.1 Å². The van der Waals surface area contributed by atoms with Gasteiger partial charge in [-0.2, -0.15) is 0 Å².